The average Bonchev–Trinajstić information content (AvgIpc) is 3.14. The summed E-state index contributed by atoms with van der Waals surface area (Å²) in [5.41, 5.74) is 1.28. The summed E-state index contributed by atoms with van der Waals surface area (Å²) >= 11 is 6.51. The van der Waals surface area contributed by atoms with Crippen molar-refractivity contribution in [2.45, 2.75) is 31.8 Å². The standard InChI is InChI=1S/C28H27ClO7/c1-14(2)16-8-11-18(25(31)19(30)12-16)22(15-6-9-17(33-3)10-7-15)28-26(32)23-20(34-4)13-21(35-5)24(29)27(23)36-28/h6-14,22,28H,1-5H3,(H,30,31). The summed E-state index contributed by atoms with van der Waals surface area (Å²) < 4.78 is 22.2. The molecule has 0 saturated heterocycles. The van der Waals surface area contributed by atoms with Gasteiger partial charge in [-0.05, 0) is 35.2 Å². The van der Waals surface area contributed by atoms with Crippen molar-refractivity contribution in [3.05, 3.63) is 86.0 Å². The first-order chi connectivity index (χ1) is 17.2. The third-order valence-electron chi connectivity index (χ3n) is 6.38. The van der Waals surface area contributed by atoms with Crippen molar-refractivity contribution in [3.8, 4) is 28.7 Å². The van der Waals surface area contributed by atoms with E-state index in [-0.39, 0.29) is 33.6 Å². The number of methoxy groups -OCH3 is 3. The SMILES string of the molecule is COc1ccc(C(c2ccc(C(C)C)cc(=O)c2O)C2Oc3c(Cl)c(OC)cc(OC)c3C2=O)cc1. The Hall–Kier alpha value is -3.71. The maximum absolute atomic E-state index is 13.8. The summed E-state index contributed by atoms with van der Waals surface area (Å²) in [4.78, 5) is 26.7. The van der Waals surface area contributed by atoms with Crippen LogP contribution in [0.2, 0.25) is 5.02 Å². The van der Waals surface area contributed by atoms with E-state index >= 15 is 0 Å². The van der Waals surface area contributed by atoms with Crippen LogP contribution < -0.4 is 24.4 Å². The fourth-order valence-electron chi connectivity index (χ4n) is 4.40. The Balaban J connectivity index is 1.95. The Bertz CT molecular complexity index is 1370. The van der Waals surface area contributed by atoms with Crippen LogP contribution >= 0.6 is 11.6 Å². The number of aromatic hydroxyl groups is 1. The van der Waals surface area contributed by atoms with Crippen LogP contribution in [-0.2, 0) is 0 Å². The number of carbonyl (C=O) groups excluding carboxylic acids is 1. The average molecular weight is 511 g/mol. The van der Waals surface area contributed by atoms with E-state index in [1.165, 1.54) is 26.4 Å². The predicted octanol–water partition coefficient (Wildman–Crippen LogP) is 5.33. The molecule has 0 fully saturated rings. The Morgan fingerprint density at radius 3 is 2.11 bits per heavy atom. The summed E-state index contributed by atoms with van der Waals surface area (Å²) in [6, 6.07) is 13.4. The molecule has 2 unspecified atom stereocenters. The number of benzene rings is 2. The van der Waals surface area contributed by atoms with E-state index in [1.807, 2.05) is 13.8 Å². The minimum absolute atomic E-state index is 0.0564. The van der Waals surface area contributed by atoms with Gasteiger partial charge in [-0.2, -0.15) is 0 Å². The van der Waals surface area contributed by atoms with Crippen molar-refractivity contribution in [3.63, 3.8) is 0 Å². The normalized spacial score (nSPS) is 15.3. The molecule has 4 rings (SSSR count). The van der Waals surface area contributed by atoms with Gasteiger partial charge in [-0.3, -0.25) is 9.59 Å². The number of hydrogen-bond donors (Lipinski definition) is 1. The van der Waals surface area contributed by atoms with Crippen molar-refractivity contribution < 1.29 is 28.8 Å². The van der Waals surface area contributed by atoms with Gasteiger partial charge >= 0.3 is 0 Å². The summed E-state index contributed by atoms with van der Waals surface area (Å²) in [5.74, 6) is -0.348. The number of hydrogen-bond acceptors (Lipinski definition) is 7. The molecule has 1 heterocycles. The molecule has 1 aliphatic rings. The number of Topliss-reactive ketones (excluding diaryl/α,β-unsaturated/α-hetero) is 1. The molecule has 3 aromatic carbocycles. The van der Waals surface area contributed by atoms with Gasteiger partial charge in [0, 0.05) is 11.6 Å². The first-order valence-electron chi connectivity index (χ1n) is 11.4. The first-order valence-corrected chi connectivity index (χ1v) is 11.8. The Kier molecular flexibility index (Phi) is 7.13. The lowest BCUT2D eigenvalue weighted by molar-refractivity contribution is 0.0833. The van der Waals surface area contributed by atoms with Gasteiger partial charge in [-0.25, -0.2) is 0 Å². The van der Waals surface area contributed by atoms with Crippen LogP contribution in [-0.4, -0.2) is 38.3 Å². The van der Waals surface area contributed by atoms with E-state index in [1.54, 1.807) is 43.5 Å². The van der Waals surface area contributed by atoms with Crippen molar-refractivity contribution in [1.29, 1.82) is 0 Å². The monoisotopic (exact) mass is 510 g/mol. The molecule has 0 spiro atoms. The Morgan fingerprint density at radius 2 is 1.53 bits per heavy atom. The molecule has 0 bridgehead atoms. The van der Waals surface area contributed by atoms with Crippen LogP contribution in [0, 0.1) is 0 Å². The molecule has 0 amide bonds. The highest BCUT2D eigenvalue weighted by atomic mass is 35.5. The maximum Gasteiger partial charge on any atom is 0.220 e. The third kappa shape index (κ3) is 4.35. The van der Waals surface area contributed by atoms with Crippen LogP contribution in [0.5, 0.6) is 28.7 Å². The lowest BCUT2D eigenvalue weighted by Gasteiger charge is -2.23. The van der Waals surface area contributed by atoms with Gasteiger partial charge in [0.1, 0.15) is 27.8 Å². The van der Waals surface area contributed by atoms with Crippen molar-refractivity contribution in [2.24, 2.45) is 0 Å². The molecule has 1 aliphatic heterocycles. The Labute approximate surface area is 214 Å². The van der Waals surface area contributed by atoms with Gasteiger partial charge in [0.15, 0.2) is 17.6 Å². The lowest BCUT2D eigenvalue weighted by atomic mass is 9.84. The smallest absolute Gasteiger partial charge is 0.220 e. The quantitative estimate of drug-likeness (QED) is 0.459. The van der Waals surface area contributed by atoms with E-state index in [4.69, 9.17) is 30.5 Å². The van der Waals surface area contributed by atoms with Gasteiger partial charge in [0.2, 0.25) is 11.2 Å². The molecule has 36 heavy (non-hydrogen) atoms. The molecule has 0 aromatic heterocycles. The minimum Gasteiger partial charge on any atom is -0.504 e. The number of fused-ring (bicyclic) bond motifs is 1. The number of ketones is 1. The summed E-state index contributed by atoms with van der Waals surface area (Å²) in [6.45, 7) is 3.91. The van der Waals surface area contributed by atoms with Crippen LogP contribution in [0.1, 0.15) is 52.7 Å². The lowest BCUT2D eigenvalue weighted by Crippen LogP contribution is -2.30. The Morgan fingerprint density at radius 1 is 0.889 bits per heavy atom. The number of ether oxygens (including phenoxy) is 4. The van der Waals surface area contributed by atoms with E-state index in [0.717, 1.165) is 5.56 Å². The first kappa shape index (κ1) is 25.4. The van der Waals surface area contributed by atoms with Crippen molar-refractivity contribution in [1.82, 2.24) is 0 Å². The van der Waals surface area contributed by atoms with Crippen molar-refractivity contribution in [2.75, 3.05) is 21.3 Å². The highest BCUT2D eigenvalue weighted by Crippen LogP contribution is 2.50. The van der Waals surface area contributed by atoms with Gasteiger partial charge in [-0.15, -0.1) is 0 Å². The zero-order valence-electron chi connectivity index (χ0n) is 20.6. The molecular formula is C28H27ClO7. The van der Waals surface area contributed by atoms with E-state index < -0.39 is 29.0 Å². The predicted molar refractivity (Wildman–Crippen MR) is 137 cm³/mol. The molecule has 0 aliphatic carbocycles. The number of carbonyl (C=O) groups is 1. The summed E-state index contributed by atoms with van der Waals surface area (Å²) in [7, 11) is 4.44. The van der Waals surface area contributed by atoms with Gasteiger partial charge < -0.3 is 24.1 Å². The molecule has 1 N–H and O–H groups in total. The summed E-state index contributed by atoms with van der Waals surface area (Å²) in [6.07, 6.45) is -1.14. The van der Waals surface area contributed by atoms with Crippen molar-refractivity contribution >= 4 is 17.4 Å². The maximum atomic E-state index is 13.8. The highest BCUT2D eigenvalue weighted by molar-refractivity contribution is 6.35. The van der Waals surface area contributed by atoms with Gasteiger partial charge in [0.25, 0.3) is 0 Å². The molecule has 0 radical (unpaired) electrons. The largest absolute Gasteiger partial charge is 0.504 e. The third-order valence-corrected chi connectivity index (χ3v) is 6.74. The van der Waals surface area contributed by atoms with Gasteiger partial charge in [-0.1, -0.05) is 49.7 Å². The second kappa shape index (κ2) is 10.1. The minimum atomic E-state index is -1.14. The fraction of sp³-hybridized carbons (Fsp3) is 0.286. The zero-order chi connectivity index (χ0) is 26.1. The fourth-order valence-corrected chi connectivity index (χ4v) is 4.67. The second-order valence-electron chi connectivity index (χ2n) is 8.75. The second-order valence-corrected chi connectivity index (χ2v) is 9.13. The molecule has 0 saturated carbocycles. The topological polar surface area (TPSA) is 91.3 Å². The molecule has 7 nitrogen and oxygen atoms in total. The van der Waals surface area contributed by atoms with Gasteiger partial charge in [0.05, 0.1) is 27.2 Å². The molecule has 188 valence electrons. The van der Waals surface area contributed by atoms with E-state index in [2.05, 4.69) is 0 Å². The molecule has 2 atom stereocenters. The van der Waals surface area contributed by atoms with Crippen LogP contribution in [0.25, 0.3) is 0 Å². The molecule has 3 aromatic rings. The van der Waals surface area contributed by atoms with Crippen LogP contribution in [0.3, 0.4) is 0 Å². The highest BCUT2D eigenvalue weighted by Gasteiger charge is 2.44. The van der Waals surface area contributed by atoms with Crippen LogP contribution in [0.15, 0.2) is 53.3 Å². The molecule has 8 heteroatoms. The number of halogens is 1. The summed E-state index contributed by atoms with van der Waals surface area (Å²) in [5, 5.41) is 11.2. The number of rotatable bonds is 7. The zero-order valence-corrected chi connectivity index (χ0v) is 21.4. The van der Waals surface area contributed by atoms with E-state index in [9.17, 15) is 14.7 Å². The van der Waals surface area contributed by atoms with E-state index in [0.29, 0.717) is 17.1 Å². The van der Waals surface area contributed by atoms with Crippen LogP contribution in [0.4, 0.5) is 0 Å². The molecular weight excluding hydrogens is 484 g/mol.